The number of fused-ring (bicyclic) bond motifs is 1. The van der Waals surface area contributed by atoms with Crippen molar-refractivity contribution in [3.8, 4) is 11.3 Å². The van der Waals surface area contributed by atoms with Crippen molar-refractivity contribution < 1.29 is 5.94 Å². The number of rotatable bonds is 4. The largest absolute Gasteiger partial charge is 0.220 e. The fraction of sp³-hybridized carbons (Fsp3) is 0.375. The first-order valence-electron chi connectivity index (χ1n) is 9.91. The predicted molar refractivity (Wildman–Crippen MR) is 108 cm³/mol. The molecular weight excluding hydrogens is 302 g/mol. The van der Waals surface area contributed by atoms with Crippen LogP contribution in [0.2, 0.25) is 0 Å². The smallest absolute Gasteiger partial charge is 0.198 e. The number of benzene rings is 2. The van der Waals surface area contributed by atoms with E-state index in [2.05, 4.69) is 82.6 Å². The summed E-state index contributed by atoms with van der Waals surface area (Å²) in [7, 11) is 2.09. The summed E-state index contributed by atoms with van der Waals surface area (Å²) >= 11 is 0. The van der Waals surface area contributed by atoms with Gasteiger partial charge in [-0.05, 0) is 59.9 Å². The van der Waals surface area contributed by atoms with Gasteiger partial charge in [0.1, 0.15) is 7.05 Å². The molecule has 130 valence electrons. The van der Waals surface area contributed by atoms with Gasteiger partial charge < -0.3 is 0 Å². The zero-order chi connectivity index (χ0) is 19.0. The second-order valence-corrected chi connectivity index (χ2v) is 7.24. The summed E-state index contributed by atoms with van der Waals surface area (Å²) in [4.78, 5) is 0. The molecule has 1 nitrogen and oxygen atoms in total. The monoisotopic (exact) mass is 333 g/mol. The van der Waals surface area contributed by atoms with Crippen LogP contribution in [0.4, 0.5) is 0 Å². The van der Waals surface area contributed by atoms with Gasteiger partial charge in [0.25, 0.3) is 0 Å². The molecule has 1 heteroatoms. The maximum Gasteiger partial charge on any atom is 0.220 e. The number of pyridine rings is 1. The van der Waals surface area contributed by atoms with E-state index in [0.29, 0.717) is 12.0 Å². The molecule has 0 aliphatic heterocycles. The Bertz CT molecular complexity index is 972. The number of aromatic nitrogens is 1. The van der Waals surface area contributed by atoms with Crippen LogP contribution < -0.4 is 4.57 Å². The van der Waals surface area contributed by atoms with Gasteiger partial charge in [-0.1, -0.05) is 45.0 Å². The van der Waals surface area contributed by atoms with Crippen molar-refractivity contribution in [3.63, 3.8) is 0 Å². The standard InChI is InChI=1S/C24H30N/c1-7-16(3)20-11-12-22-21(15-20)13-18(5)25(6)24(22)23-14-19(8-2)10-9-17(23)4/h9-16H,7-8H2,1-6H3/q+1/i13D. The minimum Gasteiger partial charge on any atom is -0.198 e. The molecule has 1 heterocycles. The summed E-state index contributed by atoms with van der Waals surface area (Å²) in [6.07, 6.45) is 2.14. The molecule has 0 spiro atoms. The maximum absolute atomic E-state index is 8.69. The normalized spacial score (nSPS) is 13.1. The van der Waals surface area contributed by atoms with E-state index >= 15 is 0 Å². The second kappa shape index (κ2) is 7.00. The van der Waals surface area contributed by atoms with Crippen LogP contribution >= 0.6 is 0 Å². The molecule has 3 rings (SSSR count). The lowest BCUT2D eigenvalue weighted by Crippen LogP contribution is -2.35. The Morgan fingerprint density at radius 3 is 2.52 bits per heavy atom. The lowest BCUT2D eigenvalue weighted by Gasteiger charge is -2.14. The third kappa shape index (κ3) is 3.20. The van der Waals surface area contributed by atoms with Crippen molar-refractivity contribution >= 4 is 10.8 Å². The summed E-state index contributed by atoms with van der Waals surface area (Å²) in [6, 6.07) is 14.1. The van der Waals surface area contributed by atoms with E-state index in [4.69, 9.17) is 1.37 Å². The molecule has 1 aromatic heterocycles. The van der Waals surface area contributed by atoms with Gasteiger partial charge in [-0.15, -0.1) is 0 Å². The van der Waals surface area contributed by atoms with E-state index in [1.165, 1.54) is 33.3 Å². The summed E-state index contributed by atoms with van der Waals surface area (Å²) in [6.45, 7) is 10.9. The molecule has 0 saturated heterocycles. The Balaban J connectivity index is 2.39. The molecule has 0 saturated carbocycles. The molecule has 0 N–H and O–H groups in total. The van der Waals surface area contributed by atoms with Crippen molar-refractivity contribution in [2.24, 2.45) is 7.05 Å². The van der Waals surface area contributed by atoms with Gasteiger partial charge in [-0.3, -0.25) is 0 Å². The number of hydrogen-bond donors (Lipinski definition) is 0. The van der Waals surface area contributed by atoms with Crippen molar-refractivity contribution in [3.05, 3.63) is 64.8 Å². The van der Waals surface area contributed by atoms with Crippen molar-refractivity contribution in [2.45, 2.75) is 53.4 Å². The summed E-state index contributed by atoms with van der Waals surface area (Å²) < 4.78 is 10.9. The first-order valence-corrected chi connectivity index (χ1v) is 9.41. The van der Waals surface area contributed by atoms with Crippen molar-refractivity contribution in [1.29, 1.82) is 0 Å². The van der Waals surface area contributed by atoms with Crippen LogP contribution in [0, 0.1) is 13.8 Å². The average Bonchev–Trinajstić information content (AvgIpc) is 2.66. The summed E-state index contributed by atoms with van der Waals surface area (Å²) in [5.74, 6) is 0.515. The second-order valence-electron chi connectivity index (χ2n) is 7.24. The SMILES string of the molecule is [2H]c1c(C)[n+](C)c(-c2cc(CC)ccc2C)c2ccc(C(C)CC)cc12. The highest BCUT2D eigenvalue weighted by molar-refractivity contribution is 5.94. The van der Waals surface area contributed by atoms with E-state index < -0.39 is 0 Å². The van der Waals surface area contributed by atoms with Gasteiger partial charge in [0.05, 0.1) is 6.76 Å². The third-order valence-electron chi connectivity index (χ3n) is 5.60. The van der Waals surface area contributed by atoms with E-state index in [-0.39, 0.29) is 0 Å². The Kier molecular flexibility index (Phi) is 4.57. The highest BCUT2D eigenvalue weighted by Crippen LogP contribution is 2.32. The minimum atomic E-state index is 0.515. The van der Waals surface area contributed by atoms with Gasteiger partial charge in [-0.2, -0.15) is 4.57 Å². The molecule has 0 amide bonds. The lowest BCUT2D eigenvalue weighted by atomic mass is 9.92. The fourth-order valence-corrected chi connectivity index (χ4v) is 3.51. The number of aryl methyl sites for hydroxylation is 2. The predicted octanol–water partition coefficient (Wildman–Crippen LogP) is 6.02. The molecule has 0 radical (unpaired) electrons. The van der Waals surface area contributed by atoms with E-state index in [1.807, 2.05) is 0 Å². The topological polar surface area (TPSA) is 3.88 Å². The molecule has 0 bridgehead atoms. The van der Waals surface area contributed by atoms with Gasteiger partial charge in [0, 0.05) is 18.5 Å². The maximum atomic E-state index is 8.69. The Morgan fingerprint density at radius 1 is 1.08 bits per heavy atom. The van der Waals surface area contributed by atoms with E-state index in [0.717, 1.165) is 23.9 Å². The Morgan fingerprint density at radius 2 is 1.84 bits per heavy atom. The van der Waals surface area contributed by atoms with Crippen molar-refractivity contribution in [2.75, 3.05) is 0 Å². The van der Waals surface area contributed by atoms with Gasteiger partial charge in [0.15, 0.2) is 5.69 Å². The van der Waals surface area contributed by atoms with Crippen LogP contribution in [-0.4, -0.2) is 0 Å². The first kappa shape index (κ1) is 16.3. The van der Waals surface area contributed by atoms with Crippen molar-refractivity contribution in [1.82, 2.24) is 0 Å². The Hall–Kier alpha value is -2.15. The quantitative estimate of drug-likeness (QED) is 0.514. The van der Waals surface area contributed by atoms with Crippen LogP contribution in [0.3, 0.4) is 0 Å². The van der Waals surface area contributed by atoms with Crippen LogP contribution in [0.5, 0.6) is 0 Å². The van der Waals surface area contributed by atoms with E-state index in [9.17, 15) is 0 Å². The minimum absolute atomic E-state index is 0.515. The highest BCUT2D eigenvalue weighted by atomic mass is 14.9. The molecule has 25 heavy (non-hydrogen) atoms. The summed E-state index contributed by atoms with van der Waals surface area (Å²) in [5.41, 5.74) is 7.46. The van der Waals surface area contributed by atoms with Crippen LogP contribution in [-0.2, 0) is 13.5 Å². The zero-order valence-electron chi connectivity index (χ0n) is 17.4. The molecule has 0 aliphatic carbocycles. The lowest BCUT2D eigenvalue weighted by molar-refractivity contribution is -0.665. The van der Waals surface area contributed by atoms with Gasteiger partial charge in [0.2, 0.25) is 5.69 Å². The zero-order valence-corrected chi connectivity index (χ0v) is 16.4. The van der Waals surface area contributed by atoms with Crippen LogP contribution in [0.15, 0.2) is 42.4 Å². The van der Waals surface area contributed by atoms with Gasteiger partial charge >= 0.3 is 0 Å². The fourth-order valence-electron chi connectivity index (χ4n) is 3.51. The summed E-state index contributed by atoms with van der Waals surface area (Å²) in [5, 5.41) is 2.24. The number of hydrogen-bond acceptors (Lipinski definition) is 0. The molecule has 1 atom stereocenters. The van der Waals surface area contributed by atoms with Gasteiger partial charge in [-0.25, -0.2) is 0 Å². The Labute approximate surface area is 153 Å². The molecule has 0 aliphatic rings. The van der Waals surface area contributed by atoms with E-state index in [1.54, 1.807) is 0 Å². The number of nitrogens with zero attached hydrogens (tertiary/aromatic N) is 1. The molecule has 3 aromatic rings. The molecule has 0 fully saturated rings. The average molecular weight is 334 g/mol. The first-order chi connectivity index (χ1) is 12.4. The molecule has 2 aromatic carbocycles. The molecule has 1 unspecified atom stereocenters. The van der Waals surface area contributed by atoms with Crippen LogP contribution in [0.25, 0.3) is 22.0 Å². The molecular formula is C24H30N+. The third-order valence-corrected chi connectivity index (χ3v) is 5.60. The van der Waals surface area contributed by atoms with Crippen LogP contribution in [0.1, 0.15) is 56.9 Å². The highest BCUT2D eigenvalue weighted by Gasteiger charge is 2.20.